The van der Waals surface area contributed by atoms with E-state index in [-0.39, 0.29) is 24.4 Å². The molecule has 1 fully saturated rings. The van der Waals surface area contributed by atoms with Crippen LogP contribution in [0.3, 0.4) is 0 Å². The number of hydrogen-bond acceptors (Lipinski definition) is 4. The molecule has 0 aliphatic carbocycles. The zero-order valence-corrected chi connectivity index (χ0v) is 12.6. The van der Waals surface area contributed by atoms with Crippen LogP contribution in [0.15, 0.2) is 29.2 Å². The number of anilines is 1. The highest BCUT2D eigenvalue weighted by Crippen LogP contribution is 2.34. The van der Waals surface area contributed by atoms with Crippen LogP contribution in [-0.2, 0) is 9.59 Å². The molecule has 1 unspecified atom stereocenters. The zero-order valence-electron chi connectivity index (χ0n) is 11.8. The highest BCUT2D eigenvalue weighted by atomic mass is 32.2. The maximum absolute atomic E-state index is 12.2. The van der Waals surface area contributed by atoms with Gasteiger partial charge < -0.3 is 15.5 Å². The second-order valence-corrected chi connectivity index (χ2v) is 6.36. The van der Waals surface area contributed by atoms with E-state index in [1.165, 1.54) is 11.8 Å². The Balaban J connectivity index is 1.66. The minimum absolute atomic E-state index is 0.00406. The van der Waals surface area contributed by atoms with Gasteiger partial charge in [0.2, 0.25) is 11.8 Å². The summed E-state index contributed by atoms with van der Waals surface area (Å²) >= 11 is 1.53. The van der Waals surface area contributed by atoms with E-state index in [4.69, 9.17) is 0 Å². The smallest absolute Gasteiger partial charge is 0.240 e. The average molecular weight is 305 g/mol. The lowest BCUT2D eigenvalue weighted by molar-refractivity contribution is -0.123. The van der Waals surface area contributed by atoms with Crippen LogP contribution in [0, 0.1) is 0 Å². The van der Waals surface area contributed by atoms with Crippen molar-refractivity contribution in [1.82, 2.24) is 10.6 Å². The molecule has 112 valence electrons. The summed E-state index contributed by atoms with van der Waals surface area (Å²) in [5, 5.41) is 6.29. The van der Waals surface area contributed by atoms with Gasteiger partial charge in [-0.25, -0.2) is 0 Å². The summed E-state index contributed by atoms with van der Waals surface area (Å²) < 4.78 is 0. The molecule has 1 atom stereocenters. The molecule has 5 nitrogen and oxygen atoms in total. The third-order valence-electron chi connectivity index (χ3n) is 3.77. The van der Waals surface area contributed by atoms with Gasteiger partial charge in [-0.1, -0.05) is 12.1 Å². The summed E-state index contributed by atoms with van der Waals surface area (Å²) in [7, 11) is 0. The Hall–Kier alpha value is -1.53. The first kappa shape index (κ1) is 14.4. The second-order valence-electron chi connectivity index (χ2n) is 5.35. The molecule has 2 aliphatic rings. The van der Waals surface area contributed by atoms with Crippen molar-refractivity contribution < 1.29 is 9.59 Å². The van der Waals surface area contributed by atoms with Gasteiger partial charge in [-0.15, -0.1) is 11.8 Å². The Bertz CT molecular complexity index is 543. The first-order valence-electron chi connectivity index (χ1n) is 7.26. The number of hydrogen-bond donors (Lipinski definition) is 2. The van der Waals surface area contributed by atoms with E-state index < -0.39 is 0 Å². The van der Waals surface area contributed by atoms with Gasteiger partial charge in [0.1, 0.15) is 6.54 Å². The van der Waals surface area contributed by atoms with Crippen LogP contribution in [0.2, 0.25) is 0 Å². The van der Waals surface area contributed by atoms with Crippen LogP contribution in [-0.4, -0.2) is 43.2 Å². The maximum Gasteiger partial charge on any atom is 0.240 e. The van der Waals surface area contributed by atoms with Crippen LogP contribution in [0.1, 0.15) is 12.8 Å². The van der Waals surface area contributed by atoms with Crippen LogP contribution < -0.4 is 15.5 Å². The lowest BCUT2D eigenvalue weighted by Crippen LogP contribution is -2.50. The van der Waals surface area contributed by atoms with Crippen molar-refractivity contribution in [3.8, 4) is 0 Å². The molecular formula is C15H19N3O2S. The fourth-order valence-electron chi connectivity index (χ4n) is 2.72. The molecule has 2 aliphatic heterocycles. The summed E-state index contributed by atoms with van der Waals surface area (Å²) in [6.07, 6.45) is 2.08. The lowest BCUT2D eigenvalue weighted by Gasteiger charge is -2.30. The molecule has 0 spiro atoms. The largest absolute Gasteiger partial charge is 0.351 e. The van der Waals surface area contributed by atoms with E-state index in [0.29, 0.717) is 5.75 Å². The quantitative estimate of drug-likeness (QED) is 0.874. The van der Waals surface area contributed by atoms with E-state index in [2.05, 4.69) is 10.6 Å². The highest BCUT2D eigenvalue weighted by Gasteiger charge is 2.27. The van der Waals surface area contributed by atoms with Crippen molar-refractivity contribution in [2.24, 2.45) is 0 Å². The number of thioether (sulfide) groups is 1. The first-order chi connectivity index (χ1) is 10.2. The molecule has 2 N–H and O–H groups in total. The SMILES string of the molecule is O=C(CN1C(=O)CSc2ccccc21)NC1CCCNC1. The number of amides is 2. The first-order valence-corrected chi connectivity index (χ1v) is 8.25. The van der Waals surface area contributed by atoms with Gasteiger partial charge in [-0.2, -0.15) is 0 Å². The van der Waals surface area contributed by atoms with Gasteiger partial charge in [0.05, 0.1) is 11.4 Å². The number of nitrogens with one attached hydrogen (secondary N) is 2. The molecular weight excluding hydrogens is 286 g/mol. The Morgan fingerprint density at radius 3 is 3.10 bits per heavy atom. The Labute approximate surface area is 128 Å². The van der Waals surface area contributed by atoms with Crippen molar-refractivity contribution in [3.63, 3.8) is 0 Å². The van der Waals surface area contributed by atoms with Crippen molar-refractivity contribution >= 4 is 29.3 Å². The number of nitrogens with zero attached hydrogens (tertiary/aromatic N) is 1. The third kappa shape index (κ3) is 3.39. The number of piperidine rings is 1. The van der Waals surface area contributed by atoms with Gasteiger partial charge in [-0.05, 0) is 31.5 Å². The summed E-state index contributed by atoms with van der Waals surface area (Å²) in [6, 6.07) is 7.91. The molecule has 0 radical (unpaired) electrons. The molecule has 2 amide bonds. The minimum Gasteiger partial charge on any atom is -0.351 e. The Morgan fingerprint density at radius 2 is 2.29 bits per heavy atom. The lowest BCUT2D eigenvalue weighted by atomic mass is 10.1. The van der Waals surface area contributed by atoms with Gasteiger partial charge in [0, 0.05) is 17.5 Å². The van der Waals surface area contributed by atoms with E-state index >= 15 is 0 Å². The van der Waals surface area contributed by atoms with Crippen LogP contribution >= 0.6 is 11.8 Å². The number of fused-ring (bicyclic) bond motifs is 1. The summed E-state index contributed by atoms with van der Waals surface area (Å²) in [4.78, 5) is 26.9. The summed E-state index contributed by atoms with van der Waals surface area (Å²) in [6.45, 7) is 1.93. The van der Waals surface area contributed by atoms with E-state index in [9.17, 15) is 9.59 Å². The molecule has 6 heteroatoms. The van der Waals surface area contributed by atoms with E-state index in [1.54, 1.807) is 4.90 Å². The molecule has 21 heavy (non-hydrogen) atoms. The molecule has 1 aromatic rings. The molecule has 0 saturated carbocycles. The summed E-state index contributed by atoms with van der Waals surface area (Å²) in [5.74, 6) is 0.310. The Morgan fingerprint density at radius 1 is 1.43 bits per heavy atom. The Kier molecular flexibility index (Phi) is 4.45. The summed E-state index contributed by atoms with van der Waals surface area (Å²) in [5.41, 5.74) is 0.843. The number of rotatable bonds is 3. The van der Waals surface area contributed by atoms with Crippen LogP contribution in [0.5, 0.6) is 0 Å². The molecule has 2 heterocycles. The number of para-hydroxylation sites is 1. The number of benzene rings is 1. The van der Waals surface area contributed by atoms with Crippen LogP contribution in [0.25, 0.3) is 0 Å². The fourth-order valence-corrected chi connectivity index (χ4v) is 3.65. The molecule has 1 aromatic carbocycles. The van der Waals surface area contributed by atoms with Crippen LogP contribution in [0.4, 0.5) is 5.69 Å². The van der Waals surface area contributed by atoms with E-state index in [1.807, 2.05) is 24.3 Å². The van der Waals surface area contributed by atoms with Crippen molar-refractivity contribution in [3.05, 3.63) is 24.3 Å². The standard InChI is InChI=1S/C15H19N3O2S/c19-14(17-11-4-3-7-16-8-11)9-18-12-5-1-2-6-13(12)21-10-15(18)20/h1-2,5-6,11,16H,3-4,7-10H2,(H,17,19). The zero-order chi connectivity index (χ0) is 14.7. The maximum atomic E-state index is 12.2. The van der Waals surface area contributed by atoms with Gasteiger partial charge in [-0.3, -0.25) is 9.59 Å². The van der Waals surface area contributed by atoms with Gasteiger partial charge >= 0.3 is 0 Å². The molecule has 1 saturated heterocycles. The molecule has 0 bridgehead atoms. The highest BCUT2D eigenvalue weighted by molar-refractivity contribution is 8.00. The molecule has 0 aromatic heterocycles. The normalized spacial score (nSPS) is 21.8. The van der Waals surface area contributed by atoms with E-state index in [0.717, 1.165) is 36.5 Å². The monoisotopic (exact) mass is 305 g/mol. The minimum atomic E-state index is -0.0845. The van der Waals surface area contributed by atoms with Crippen molar-refractivity contribution in [2.45, 2.75) is 23.8 Å². The van der Waals surface area contributed by atoms with Gasteiger partial charge in [0.15, 0.2) is 0 Å². The third-order valence-corrected chi connectivity index (χ3v) is 4.82. The van der Waals surface area contributed by atoms with Crippen molar-refractivity contribution in [2.75, 3.05) is 30.3 Å². The number of carbonyl (C=O) groups is 2. The molecule has 3 rings (SSSR count). The second kappa shape index (κ2) is 6.49. The fraction of sp³-hybridized carbons (Fsp3) is 0.467. The topological polar surface area (TPSA) is 61.4 Å². The van der Waals surface area contributed by atoms with Crippen molar-refractivity contribution in [1.29, 1.82) is 0 Å². The predicted molar refractivity (Wildman–Crippen MR) is 83.6 cm³/mol. The average Bonchev–Trinajstić information content (AvgIpc) is 2.51. The number of carbonyl (C=O) groups excluding carboxylic acids is 2. The van der Waals surface area contributed by atoms with Gasteiger partial charge in [0.25, 0.3) is 0 Å². The predicted octanol–water partition coefficient (Wildman–Crippen LogP) is 0.993.